The van der Waals surface area contributed by atoms with Crippen molar-refractivity contribution in [3.05, 3.63) is 187 Å². The first-order chi connectivity index (χ1) is 29.2. The number of halogens is 1. The van der Waals surface area contributed by atoms with Crippen molar-refractivity contribution in [2.45, 2.75) is 0 Å². The zero-order valence-electron chi connectivity index (χ0n) is 31.3. The van der Waals surface area contributed by atoms with Crippen molar-refractivity contribution < 1.29 is 0 Å². The summed E-state index contributed by atoms with van der Waals surface area (Å²) in [7, 11) is 0. The molecule has 7 nitrogen and oxygen atoms in total. The van der Waals surface area contributed by atoms with E-state index in [1.165, 1.54) is 10.8 Å². The van der Waals surface area contributed by atoms with E-state index >= 15 is 0 Å². The molecule has 276 valence electrons. The molecule has 5 aromatic heterocycles. The van der Waals surface area contributed by atoms with E-state index in [0.717, 1.165) is 87.8 Å². The molecule has 0 atom stereocenters. The van der Waals surface area contributed by atoms with Crippen LogP contribution in [-0.2, 0) is 0 Å². The topological polar surface area (TPSA) is 58.4 Å². The maximum atomic E-state index is 7.11. The molecule has 0 radical (unpaired) electrons. The number of aromatic nitrogens is 7. The van der Waals surface area contributed by atoms with Crippen LogP contribution < -0.4 is 0 Å². The molecule has 5 heterocycles. The first-order valence-electron chi connectivity index (χ1n) is 19.7. The molecule has 8 heteroatoms. The monoisotopic (exact) mass is 775 g/mol. The Kier molecular flexibility index (Phi) is 6.65. The Balaban J connectivity index is 1.19. The van der Waals surface area contributed by atoms with E-state index < -0.39 is 0 Å². The number of hydrogen-bond acceptors (Lipinski definition) is 3. The summed E-state index contributed by atoms with van der Waals surface area (Å²) < 4.78 is 9.07. The predicted octanol–water partition coefficient (Wildman–Crippen LogP) is 12.9. The lowest BCUT2D eigenvalue weighted by Gasteiger charge is -2.14. The minimum Gasteiger partial charge on any atom is -0.307 e. The molecular weight excluding hydrogens is 746 g/mol. The average Bonchev–Trinajstić information content (AvgIpc) is 4.02. The van der Waals surface area contributed by atoms with Crippen molar-refractivity contribution in [2.24, 2.45) is 0 Å². The molecule has 0 amide bonds. The summed E-state index contributed by atoms with van der Waals surface area (Å²) in [6.45, 7) is 0. The molecule has 0 aliphatic heterocycles. The van der Waals surface area contributed by atoms with Gasteiger partial charge in [0, 0.05) is 54.5 Å². The van der Waals surface area contributed by atoms with Crippen molar-refractivity contribution in [3.8, 4) is 23.3 Å². The van der Waals surface area contributed by atoms with Crippen LogP contribution in [0.5, 0.6) is 0 Å². The number of para-hydroxylation sites is 6. The molecule has 59 heavy (non-hydrogen) atoms. The standard InChI is InChI=1S/C51H30ClN7/c52-49-53-50(58-43-25-13-9-21-35(43)39-29-27-37-33-19-7-11-23-41(33)56(45(37)47(39)58)31-15-3-1-4-16-31)55-51(54-49)59-44-26-14-10-22-36(44)40-30-28-38-34-20-8-12-24-42(34)57(46(38)48(40)59)32-17-5-2-6-18-32/h1-30H. The summed E-state index contributed by atoms with van der Waals surface area (Å²) in [5.74, 6) is 0.871. The molecule has 0 aliphatic rings. The highest BCUT2D eigenvalue weighted by Crippen LogP contribution is 2.43. The highest BCUT2D eigenvalue weighted by atomic mass is 35.5. The van der Waals surface area contributed by atoms with Gasteiger partial charge in [-0.05, 0) is 60.1 Å². The fraction of sp³-hybridized carbons (Fsp3) is 0. The van der Waals surface area contributed by atoms with Crippen LogP contribution in [0.3, 0.4) is 0 Å². The van der Waals surface area contributed by atoms with Crippen molar-refractivity contribution in [1.82, 2.24) is 33.2 Å². The highest BCUT2D eigenvalue weighted by molar-refractivity contribution is 6.29. The third-order valence-electron chi connectivity index (χ3n) is 12.0. The van der Waals surface area contributed by atoms with Gasteiger partial charge in [-0.2, -0.15) is 15.0 Å². The number of nitrogens with zero attached hydrogens (tertiary/aromatic N) is 7. The van der Waals surface area contributed by atoms with E-state index in [1.807, 2.05) is 0 Å². The lowest BCUT2D eigenvalue weighted by Crippen LogP contribution is -2.10. The second kappa shape index (κ2) is 12.1. The molecule has 0 aliphatic carbocycles. The van der Waals surface area contributed by atoms with Crippen molar-refractivity contribution in [3.63, 3.8) is 0 Å². The largest absolute Gasteiger partial charge is 0.307 e. The van der Waals surface area contributed by atoms with E-state index in [9.17, 15) is 0 Å². The van der Waals surface area contributed by atoms with Gasteiger partial charge in [-0.25, -0.2) is 0 Å². The minimum absolute atomic E-state index is 0.105. The first-order valence-corrected chi connectivity index (χ1v) is 20.0. The summed E-state index contributed by atoms with van der Waals surface area (Å²) >= 11 is 7.11. The number of fused-ring (bicyclic) bond motifs is 14. The second-order valence-corrected chi connectivity index (χ2v) is 15.3. The zero-order valence-corrected chi connectivity index (χ0v) is 32.1. The number of benzene rings is 8. The van der Waals surface area contributed by atoms with Crippen molar-refractivity contribution >= 4 is 98.8 Å². The van der Waals surface area contributed by atoms with Gasteiger partial charge in [-0.3, -0.25) is 9.13 Å². The Morgan fingerprint density at radius 3 is 0.915 bits per heavy atom. The van der Waals surface area contributed by atoms with E-state index in [4.69, 9.17) is 26.6 Å². The van der Waals surface area contributed by atoms with Crippen LogP contribution in [0.15, 0.2) is 182 Å². The lowest BCUT2D eigenvalue weighted by atomic mass is 10.1. The van der Waals surface area contributed by atoms with Crippen LogP contribution >= 0.6 is 11.6 Å². The van der Waals surface area contributed by atoms with Crippen LogP contribution in [0.1, 0.15) is 0 Å². The molecule has 0 saturated carbocycles. The van der Waals surface area contributed by atoms with Gasteiger partial charge in [-0.1, -0.05) is 133 Å². The zero-order chi connectivity index (χ0) is 38.8. The van der Waals surface area contributed by atoms with Crippen LogP contribution in [0.2, 0.25) is 5.28 Å². The van der Waals surface area contributed by atoms with Crippen LogP contribution in [-0.4, -0.2) is 33.2 Å². The highest BCUT2D eigenvalue weighted by Gasteiger charge is 2.26. The summed E-state index contributed by atoms with van der Waals surface area (Å²) in [6.07, 6.45) is 0. The summed E-state index contributed by atoms with van der Waals surface area (Å²) in [4.78, 5) is 15.3. The van der Waals surface area contributed by atoms with Gasteiger partial charge in [0.05, 0.1) is 44.1 Å². The van der Waals surface area contributed by atoms with Gasteiger partial charge >= 0.3 is 0 Å². The minimum atomic E-state index is 0.105. The Bertz CT molecular complexity index is 3610. The van der Waals surface area contributed by atoms with Crippen LogP contribution in [0.25, 0.3) is 110 Å². The Morgan fingerprint density at radius 1 is 0.271 bits per heavy atom. The normalized spacial score (nSPS) is 12.2. The maximum absolute atomic E-state index is 7.11. The van der Waals surface area contributed by atoms with E-state index in [-0.39, 0.29) is 5.28 Å². The molecule has 13 rings (SSSR count). The van der Waals surface area contributed by atoms with Crippen LogP contribution in [0.4, 0.5) is 0 Å². The average molecular weight is 776 g/mol. The molecule has 8 aromatic carbocycles. The predicted molar refractivity (Wildman–Crippen MR) is 242 cm³/mol. The first kappa shape index (κ1) is 32.4. The third-order valence-corrected chi connectivity index (χ3v) is 12.1. The molecule has 0 fully saturated rings. The Morgan fingerprint density at radius 2 is 0.559 bits per heavy atom. The van der Waals surface area contributed by atoms with Gasteiger partial charge in [0.1, 0.15) is 0 Å². The van der Waals surface area contributed by atoms with Crippen molar-refractivity contribution in [2.75, 3.05) is 0 Å². The summed E-state index contributed by atoms with van der Waals surface area (Å²) in [5.41, 5.74) is 10.4. The number of rotatable bonds is 4. The van der Waals surface area contributed by atoms with Crippen molar-refractivity contribution in [1.29, 1.82) is 0 Å². The molecule has 0 bridgehead atoms. The third kappa shape index (κ3) is 4.45. The second-order valence-electron chi connectivity index (χ2n) is 15.0. The molecular formula is C51H30ClN7. The SMILES string of the molecule is Clc1nc(-n2c3ccccc3c3ccc4c5ccccc5n(-c5ccccc5)c4c32)nc(-n2c3ccccc3c3ccc4c5ccccc5n(-c5ccccc5)c4c32)n1. The van der Waals surface area contributed by atoms with Gasteiger partial charge in [-0.15, -0.1) is 0 Å². The lowest BCUT2D eigenvalue weighted by molar-refractivity contribution is 0.887. The Labute approximate surface area is 341 Å². The smallest absolute Gasteiger partial charge is 0.240 e. The molecule has 0 unspecified atom stereocenters. The van der Waals surface area contributed by atoms with Gasteiger partial charge in [0.25, 0.3) is 0 Å². The summed E-state index contributed by atoms with van der Waals surface area (Å²) in [5, 5.41) is 9.10. The van der Waals surface area contributed by atoms with Gasteiger partial charge < -0.3 is 9.13 Å². The molecule has 13 aromatic rings. The molecule has 0 N–H and O–H groups in total. The fourth-order valence-electron chi connectivity index (χ4n) is 9.64. The molecule has 0 saturated heterocycles. The quantitative estimate of drug-likeness (QED) is 0.179. The Hall–Kier alpha value is -7.74. The number of hydrogen-bond donors (Lipinski definition) is 0. The fourth-order valence-corrected chi connectivity index (χ4v) is 9.79. The van der Waals surface area contributed by atoms with E-state index in [2.05, 4.69) is 200 Å². The van der Waals surface area contributed by atoms with Gasteiger partial charge in [0.2, 0.25) is 17.2 Å². The van der Waals surface area contributed by atoms with Gasteiger partial charge in [0.15, 0.2) is 0 Å². The van der Waals surface area contributed by atoms with E-state index in [0.29, 0.717) is 11.9 Å². The summed E-state index contributed by atoms with van der Waals surface area (Å²) in [6, 6.07) is 64.2. The maximum Gasteiger partial charge on any atom is 0.240 e. The molecule has 0 spiro atoms. The van der Waals surface area contributed by atoms with Crippen LogP contribution in [0, 0.1) is 0 Å². The van der Waals surface area contributed by atoms with E-state index in [1.54, 1.807) is 0 Å².